The number of nitrogens with one attached hydrogen (secondary N) is 2. The molecule has 1 fully saturated rings. The molecule has 1 saturated heterocycles. The van der Waals surface area contributed by atoms with Crippen LogP contribution in [0.25, 0.3) is 0 Å². The number of hydrogen-bond acceptors (Lipinski definition) is 4. The first kappa shape index (κ1) is 8.00. The summed E-state index contributed by atoms with van der Waals surface area (Å²) in [5.74, 6) is 0.0956. The van der Waals surface area contributed by atoms with Crippen LogP contribution in [0.2, 0.25) is 0 Å². The maximum absolute atomic E-state index is 7.18. The van der Waals surface area contributed by atoms with Crippen molar-refractivity contribution in [2.45, 2.75) is 12.5 Å². The lowest BCUT2D eigenvalue weighted by atomic mass is 10.2. The van der Waals surface area contributed by atoms with Crippen molar-refractivity contribution in [2.75, 3.05) is 13.7 Å². The summed E-state index contributed by atoms with van der Waals surface area (Å²) in [5.41, 5.74) is 6.11. The van der Waals surface area contributed by atoms with Crippen molar-refractivity contribution in [3.05, 3.63) is 0 Å². The fourth-order valence-corrected chi connectivity index (χ4v) is 1.11. The molecule has 0 amide bonds. The largest absolute Gasteiger partial charge is 0.399 e. The molecule has 0 aromatic carbocycles. The van der Waals surface area contributed by atoms with Gasteiger partial charge >= 0.3 is 0 Å². The highest BCUT2D eigenvalue weighted by atomic mass is 16.6. The highest BCUT2D eigenvalue weighted by Gasteiger charge is 2.24. The number of nitrogens with two attached hydrogens (primary N) is 1. The van der Waals surface area contributed by atoms with Crippen LogP contribution in [-0.2, 0) is 4.84 Å². The number of amidine groups is 1. The Bertz CT molecular complexity index is 189. The van der Waals surface area contributed by atoms with Gasteiger partial charge in [0, 0.05) is 13.0 Å². The van der Waals surface area contributed by atoms with Crippen LogP contribution in [0, 0.1) is 5.41 Å². The SMILES string of the molecule is CO/N=C1/CCNC1C(=N)N. The average molecular weight is 156 g/mol. The Hall–Kier alpha value is -1.10. The Morgan fingerprint density at radius 1 is 1.91 bits per heavy atom. The van der Waals surface area contributed by atoms with Gasteiger partial charge in [-0.2, -0.15) is 0 Å². The van der Waals surface area contributed by atoms with Gasteiger partial charge in [-0.15, -0.1) is 0 Å². The van der Waals surface area contributed by atoms with Gasteiger partial charge in [0.1, 0.15) is 19.0 Å². The second-order valence-corrected chi connectivity index (χ2v) is 2.36. The van der Waals surface area contributed by atoms with Crippen molar-refractivity contribution in [3.63, 3.8) is 0 Å². The molecule has 0 aliphatic carbocycles. The summed E-state index contributed by atoms with van der Waals surface area (Å²) in [5, 5.41) is 14.0. The predicted molar refractivity (Wildman–Crippen MR) is 42.8 cm³/mol. The molecule has 4 N–H and O–H groups in total. The Morgan fingerprint density at radius 2 is 2.64 bits per heavy atom. The normalized spacial score (nSPS) is 27.4. The van der Waals surface area contributed by atoms with Gasteiger partial charge in [0.25, 0.3) is 0 Å². The van der Waals surface area contributed by atoms with E-state index in [1.165, 1.54) is 7.11 Å². The third-order valence-electron chi connectivity index (χ3n) is 1.58. The number of rotatable bonds is 2. The van der Waals surface area contributed by atoms with Gasteiger partial charge in [-0.05, 0) is 0 Å². The van der Waals surface area contributed by atoms with Gasteiger partial charge in [-0.1, -0.05) is 5.16 Å². The van der Waals surface area contributed by atoms with Gasteiger partial charge in [0.05, 0.1) is 5.71 Å². The lowest BCUT2D eigenvalue weighted by Gasteiger charge is -2.07. The van der Waals surface area contributed by atoms with Gasteiger partial charge < -0.3 is 15.9 Å². The molecule has 1 aliphatic rings. The highest BCUT2D eigenvalue weighted by molar-refractivity contribution is 6.09. The molecular weight excluding hydrogens is 144 g/mol. The van der Waals surface area contributed by atoms with Crippen molar-refractivity contribution in [1.82, 2.24) is 5.32 Å². The van der Waals surface area contributed by atoms with E-state index < -0.39 is 0 Å². The average Bonchev–Trinajstić information content (AvgIpc) is 2.36. The van der Waals surface area contributed by atoms with Crippen LogP contribution in [0.4, 0.5) is 0 Å². The quantitative estimate of drug-likeness (QED) is 0.280. The van der Waals surface area contributed by atoms with Crippen LogP contribution in [0.1, 0.15) is 6.42 Å². The standard InChI is InChI=1S/C6H12N4O/c1-11-10-4-2-3-9-5(4)6(7)8/h5,9H,2-3H2,1H3,(H3,7,8)/b10-4-. The molecular formula is C6H12N4O. The molecule has 0 saturated carbocycles. The first-order chi connectivity index (χ1) is 5.25. The summed E-state index contributed by atoms with van der Waals surface area (Å²) in [7, 11) is 1.49. The monoisotopic (exact) mass is 156 g/mol. The van der Waals surface area contributed by atoms with Crippen LogP contribution in [-0.4, -0.2) is 31.2 Å². The molecule has 0 aromatic heterocycles. The summed E-state index contributed by atoms with van der Waals surface area (Å²) in [4.78, 5) is 4.60. The summed E-state index contributed by atoms with van der Waals surface area (Å²) in [6.07, 6.45) is 0.804. The molecule has 0 spiro atoms. The van der Waals surface area contributed by atoms with Crippen molar-refractivity contribution in [3.8, 4) is 0 Å². The summed E-state index contributed by atoms with van der Waals surface area (Å²) >= 11 is 0. The zero-order valence-electron chi connectivity index (χ0n) is 6.42. The van der Waals surface area contributed by atoms with Gasteiger partial charge in [0.2, 0.25) is 0 Å². The fourth-order valence-electron chi connectivity index (χ4n) is 1.11. The summed E-state index contributed by atoms with van der Waals surface area (Å²) < 4.78 is 0. The van der Waals surface area contributed by atoms with Crippen LogP contribution in [0.5, 0.6) is 0 Å². The number of hydrogen-bond donors (Lipinski definition) is 3. The Morgan fingerprint density at radius 3 is 3.18 bits per heavy atom. The van der Waals surface area contributed by atoms with E-state index in [1.807, 2.05) is 0 Å². The van der Waals surface area contributed by atoms with E-state index in [2.05, 4.69) is 15.3 Å². The molecule has 0 aromatic rings. The summed E-state index contributed by atoms with van der Waals surface area (Å²) in [6.45, 7) is 0.812. The molecule has 1 rings (SSSR count). The molecule has 0 bridgehead atoms. The number of nitrogens with zero attached hydrogens (tertiary/aromatic N) is 1. The van der Waals surface area contributed by atoms with E-state index in [1.54, 1.807) is 0 Å². The molecule has 62 valence electrons. The zero-order valence-corrected chi connectivity index (χ0v) is 6.42. The van der Waals surface area contributed by atoms with E-state index in [0.29, 0.717) is 0 Å². The Balaban J connectivity index is 2.65. The number of oxime groups is 1. The van der Waals surface area contributed by atoms with Crippen molar-refractivity contribution < 1.29 is 4.84 Å². The van der Waals surface area contributed by atoms with E-state index in [9.17, 15) is 0 Å². The molecule has 11 heavy (non-hydrogen) atoms. The minimum Gasteiger partial charge on any atom is -0.399 e. The second kappa shape index (κ2) is 3.34. The van der Waals surface area contributed by atoms with Gasteiger partial charge in [0.15, 0.2) is 0 Å². The van der Waals surface area contributed by atoms with Gasteiger partial charge in [-0.3, -0.25) is 5.41 Å². The Kier molecular flexibility index (Phi) is 2.43. The molecule has 1 aliphatic heterocycles. The summed E-state index contributed by atoms with van der Waals surface area (Å²) in [6, 6.07) is -0.213. The van der Waals surface area contributed by atoms with Crippen LogP contribution >= 0.6 is 0 Å². The van der Waals surface area contributed by atoms with E-state index in [4.69, 9.17) is 11.1 Å². The van der Waals surface area contributed by atoms with E-state index in [-0.39, 0.29) is 11.9 Å². The second-order valence-electron chi connectivity index (χ2n) is 2.36. The van der Waals surface area contributed by atoms with Crippen molar-refractivity contribution >= 4 is 11.5 Å². The third-order valence-corrected chi connectivity index (χ3v) is 1.58. The molecule has 1 unspecified atom stereocenters. The van der Waals surface area contributed by atoms with E-state index >= 15 is 0 Å². The third kappa shape index (κ3) is 1.68. The molecule has 0 radical (unpaired) electrons. The maximum atomic E-state index is 7.18. The molecule has 1 heterocycles. The topological polar surface area (TPSA) is 83.5 Å². The zero-order chi connectivity index (χ0) is 8.27. The predicted octanol–water partition coefficient (Wildman–Crippen LogP) is -0.713. The van der Waals surface area contributed by atoms with Crippen LogP contribution in [0.3, 0.4) is 0 Å². The molecule has 1 atom stereocenters. The lowest BCUT2D eigenvalue weighted by molar-refractivity contribution is 0.212. The minimum absolute atomic E-state index is 0.0956. The first-order valence-corrected chi connectivity index (χ1v) is 3.43. The Labute approximate surface area is 65.1 Å². The highest BCUT2D eigenvalue weighted by Crippen LogP contribution is 2.02. The maximum Gasteiger partial charge on any atom is 0.114 e. The van der Waals surface area contributed by atoms with E-state index in [0.717, 1.165) is 18.7 Å². The van der Waals surface area contributed by atoms with Gasteiger partial charge in [-0.25, -0.2) is 0 Å². The lowest BCUT2D eigenvalue weighted by Crippen LogP contribution is -2.40. The van der Waals surface area contributed by atoms with Crippen molar-refractivity contribution in [2.24, 2.45) is 10.9 Å². The fraction of sp³-hybridized carbons (Fsp3) is 0.667. The first-order valence-electron chi connectivity index (χ1n) is 3.43. The minimum atomic E-state index is -0.213. The van der Waals surface area contributed by atoms with Crippen molar-refractivity contribution in [1.29, 1.82) is 5.41 Å². The van der Waals surface area contributed by atoms with Crippen LogP contribution in [0.15, 0.2) is 5.16 Å². The molecule has 5 nitrogen and oxygen atoms in total. The van der Waals surface area contributed by atoms with Crippen LogP contribution < -0.4 is 11.1 Å². The molecule has 5 heteroatoms. The smallest absolute Gasteiger partial charge is 0.114 e.